The zero-order valence-corrected chi connectivity index (χ0v) is 9.62. The minimum absolute atomic E-state index is 0.0758. The fourth-order valence-electron chi connectivity index (χ4n) is 2.16. The van der Waals surface area contributed by atoms with Gasteiger partial charge in [-0.15, -0.1) is 0 Å². The molecule has 0 bridgehead atoms. The predicted octanol–water partition coefficient (Wildman–Crippen LogP) is 2.09. The molecule has 0 saturated carbocycles. The highest BCUT2D eigenvalue weighted by molar-refractivity contribution is 5.75. The molecule has 0 spiro atoms. The maximum atomic E-state index is 11.3. The van der Waals surface area contributed by atoms with Crippen molar-refractivity contribution >= 4 is 5.91 Å². The van der Waals surface area contributed by atoms with Crippen LogP contribution < -0.4 is 10.9 Å². The SMILES string of the molecule is CCCC(=O)NNC1CCc2ccccc21. The van der Waals surface area contributed by atoms with Crippen molar-refractivity contribution in [1.29, 1.82) is 0 Å². The molecule has 3 heteroatoms. The molecule has 3 nitrogen and oxygen atoms in total. The molecule has 16 heavy (non-hydrogen) atoms. The van der Waals surface area contributed by atoms with Gasteiger partial charge in [0.15, 0.2) is 0 Å². The number of carbonyl (C=O) groups excluding carboxylic acids is 1. The molecule has 0 fully saturated rings. The Labute approximate surface area is 96.2 Å². The van der Waals surface area contributed by atoms with Crippen LogP contribution in [0.4, 0.5) is 0 Å². The number of carbonyl (C=O) groups is 1. The van der Waals surface area contributed by atoms with E-state index in [1.807, 2.05) is 13.0 Å². The number of hydrazine groups is 1. The summed E-state index contributed by atoms with van der Waals surface area (Å²) in [5, 5.41) is 0. The Bertz CT molecular complexity index is 376. The molecule has 1 atom stereocenters. The van der Waals surface area contributed by atoms with Crippen LogP contribution in [0.25, 0.3) is 0 Å². The number of rotatable bonds is 4. The van der Waals surface area contributed by atoms with Gasteiger partial charge in [-0.1, -0.05) is 31.2 Å². The minimum Gasteiger partial charge on any atom is -0.291 e. The Hall–Kier alpha value is -1.35. The van der Waals surface area contributed by atoms with Crippen LogP contribution in [-0.2, 0) is 11.2 Å². The lowest BCUT2D eigenvalue weighted by molar-refractivity contribution is -0.122. The fourth-order valence-corrected chi connectivity index (χ4v) is 2.16. The molecule has 0 heterocycles. The molecule has 1 aliphatic rings. The molecule has 2 rings (SSSR count). The lowest BCUT2D eigenvalue weighted by Crippen LogP contribution is -2.39. The summed E-state index contributed by atoms with van der Waals surface area (Å²) in [6.45, 7) is 2.00. The molecule has 1 aromatic rings. The van der Waals surface area contributed by atoms with Crippen molar-refractivity contribution in [2.75, 3.05) is 0 Å². The lowest BCUT2D eigenvalue weighted by Gasteiger charge is -2.14. The molecular weight excluding hydrogens is 200 g/mol. The van der Waals surface area contributed by atoms with Gasteiger partial charge in [-0.2, -0.15) is 0 Å². The van der Waals surface area contributed by atoms with Gasteiger partial charge in [0.25, 0.3) is 0 Å². The standard InChI is InChI=1S/C13H18N2O/c1-2-5-13(16)15-14-12-9-8-10-6-3-4-7-11(10)12/h3-4,6-7,12,14H,2,5,8-9H2,1H3,(H,15,16). The van der Waals surface area contributed by atoms with Gasteiger partial charge >= 0.3 is 0 Å². The van der Waals surface area contributed by atoms with E-state index in [-0.39, 0.29) is 11.9 Å². The summed E-state index contributed by atoms with van der Waals surface area (Å²) >= 11 is 0. The van der Waals surface area contributed by atoms with Gasteiger partial charge in [-0.05, 0) is 30.4 Å². The third-order valence-electron chi connectivity index (χ3n) is 3.00. The largest absolute Gasteiger partial charge is 0.291 e. The monoisotopic (exact) mass is 218 g/mol. The van der Waals surface area contributed by atoms with Crippen molar-refractivity contribution in [3.63, 3.8) is 0 Å². The van der Waals surface area contributed by atoms with Gasteiger partial charge in [0, 0.05) is 6.42 Å². The molecular formula is C13H18N2O. The van der Waals surface area contributed by atoms with E-state index in [4.69, 9.17) is 0 Å². The van der Waals surface area contributed by atoms with E-state index in [1.165, 1.54) is 11.1 Å². The normalized spacial score (nSPS) is 18.2. The average molecular weight is 218 g/mol. The summed E-state index contributed by atoms with van der Waals surface area (Å²) in [5.41, 5.74) is 8.61. The van der Waals surface area contributed by atoms with Gasteiger partial charge < -0.3 is 0 Å². The number of hydrogen-bond acceptors (Lipinski definition) is 2. The Morgan fingerprint density at radius 1 is 1.44 bits per heavy atom. The van der Waals surface area contributed by atoms with Crippen LogP contribution in [0.5, 0.6) is 0 Å². The number of aryl methyl sites for hydroxylation is 1. The van der Waals surface area contributed by atoms with Gasteiger partial charge in [0.05, 0.1) is 6.04 Å². The second kappa shape index (κ2) is 5.12. The van der Waals surface area contributed by atoms with Gasteiger partial charge in [0.2, 0.25) is 5.91 Å². The quantitative estimate of drug-likeness (QED) is 0.760. The predicted molar refractivity (Wildman–Crippen MR) is 63.7 cm³/mol. The summed E-state index contributed by atoms with van der Waals surface area (Å²) in [6.07, 6.45) is 3.62. The van der Waals surface area contributed by atoms with Crippen LogP contribution in [-0.4, -0.2) is 5.91 Å². The first-order chi connectivity index (χ1) is 7.81. The highest BCUT2D eigenvalue weighted by Gasteiger charge is 2.21. The van der Waals surface area contributed by atoms with E-state index >= 15 is 0 Å². The van der Waals surface area contributed by atoms with E-state index in [0.717, 1.165) is 19.3 Å². The van der Waals surface area contributed by atoms with E-state index in [0.29, 0.717) is 6.42 Å². The number of hydrogen-bond donors (Lipinski definition) is 2. The van der Waals surface area contributed by atoms with Gasteiger partial charge in [-0.25, -0.2) is 5.43 Å². The summed E-state index contributed by atoms with van der Waals surface area (Å²) in [5.74, 6) is 0.0758. The minimum atomic E-state index is 0.0758. The van der Waals surface area contributed by atoms with Crippen LogP contribution in [0.3, 0.4) is 0 Å². The maximum Gasteiger partial charge on any atom is 0.234 e. The Kier molecular flexibility index (Phi) is 3.57. The number of amides is 1. The summed E-state index contributed by atoms with van der Waals surface area (Å²) < 4.78 is 0. The Morgan fingerprint density at radius 3 is 3.06 bits per heavy atom. The second-order valence-electron chi connectivity index (χ2n) is 4.23. The van der Waals surface area contributed by atoms with Crippen molar-refractivity contribution in [3.05, 3.63) is 35.4 Å². The van der Waals surface area contributed by atoms with E-state index < -0.39 is 0 Å². The fraction of sp³-hybridized carbons (Fsp3) is 0.462. The van der Waals surface area contributed by atoms with Crippen molar-refractivity contribution < 1.29 is 4.79 Å². The van der Waals surface area contributed by atoms with Crippen LogP contribution >= 0.6 is 0 Å². The first-order valence-electron chi connectivity index (χ1n) is 5.93. The zero-order chi connectivity index (χ0) is 11.4. The Balaban J connectivity index is 1.91. The number of benzene rings is 1. The first kappa shape index (κ1) is 11.1. The maximum absolute atomic E-state index is 11.3. The summed E-state index contributed by atoms with van der Waals surface area (Å²) in [6, 6.07) is 8.68. The van der Waals surface area contributed by atoms with Crippen LogP contribution in [0, 0.1) is 0 Å². The summed E-state index contributed by atoms with van der Waals surface area (Å²) in [4.78, 5) is 11.3. The Morgan fingerprint density at radius 2 is 2.25 bits per heavy atom. The van der Waals surface area contributed by atoms with Crippen LogP contribution in [0.15, 0.2) is 24.3 Å². The smallest absolute Gasteiger partial charge is 0.234 e. The van der Waals surface area contributed by atoms with Crippen LogP contribution in [0.2, 0.25) is 0 Å². The molecule has 0 aromatic heterocycles. The van der Waals surface area contributed by atoms with E-state index in [9.17, 15) is 4.79 Å². The molecule has 1 amide bonds. The van der Waals surface area contributed by atoms with Crippen LogP contribution in [0.1, 0.15) is 43.4 Å². The van der Waals surface area contributed by atoms with Gasteiger partial charge in [0.1, 0.15) is 0 Å². The summed E-state index contributed by atoms with van der Waals surface area (Å²) in [7, 11) is 0. The highest BCUT2D eigenvalue weighted by atomic mass is 16.2. The molecule has 0 saturated heterocycles. The molecule has 0 radical (unpaired) electrons. The molecule has 1 unspecified atom stereocenters. The molecule has 86 valence electrons. The zero-order valence-electron chi connectivity index (χ0n) is 9.62. The topological polar surface area (TPSA) is 41.1 Å². The van der Waals surface area contributed by atoms with E-state index in [1.54, 1.807) is 0 Å². The van der Waals surface area contributed by atoms with Crippen molar-refractivity contribution in [2.45, 2.75) is 38.6 Å². The number of nitrogens with one attached hydrogen (secondary N) is 2. The average Bonchev–Trinajstić information content (AvgIpc) is 2.70. The first-order valence-corrected chi connectivity index (χ1v) is 5.93. The molecule has 2 N–H and O–H groups in total. The highest BCUT2D eigenvalue weighted by Crippen LogP contribution is 2.29. The molecule has 0 aliphatic heterocycles. The van der Waals surface area contributed by atoms with Crippen molar-refractivity contribution in [3.8, 4) is 0 Å². The lowest BCUT2D eigenvalue weighted by atomic mass is 10.1. The second-order valence-corrected chi connectivity index (χ2v) is 4.23. The molecule has 1 aromatic carbocycles. The molecule has 1 aliphatic carbocycles. The third kappa shape index (κ3) is 2.42. The van der Waals surface area contributed by atoms with Crippen molar-refractivity contribution in [1.82, 2.24) is 10.9 Å². The van der Waals surface area contributed by atoms with E-state index in [2.05, 4.69) is 29.1 Å². The van der Waals surface area contributed by atoms with Crippen molar-refractivity contribution in [2.24, 2.45) is 0 Å². The number of fused-ring (bicyclic) bond motifs is 1. The van der Waals surface area contributed by atoms with Gasteiger partial charge in [-0.3, -0.25) is 10.2 Å². The third-order valence-corrected chi connectivity index (χ3v) is 3.00.